The van der Waals surface area contributed by atoms with E-state index >= 15 is 0 Å². The van der Waals surface area contributed by atoms with Gasteiger partial charge < -0.3 is 28.6 Å². The van der Waals surface area contributed by atoms with Crippen LogP contribution >= 0.6 is 0 Å². The second kappa shape index (κ2) is 7.86. The van der Waals surface area contributed by atoms with Gasteiger partial charge in [-0.3, -0.25) is 0 Å². The van der Waals surface area contributed by atoms with Crippen LogP contribution in [0.1, 0.15) is 18.1 Å². The summed E-state index contributed by atoms with van der Waals surface area (Å²) in [4.78, 5) is 2.28. The normalized spacial score (nSPS) is 12.8. The zero-order valence-corrected chi connectivity index (χ0v) is 18.3. The quantitative estimate of drug-likeness (QED) is 0.543. The maximum absolute atomic E-state index is 5.85. The van der Waals surface area contributed by atoms with Crippen LogP contribution < -0.4 is 23.7 Å². The van der Waals surface area contributed by atoms with Crippen LogP contribution in [0, 0.1) is 0 Å². The number of hydrogen-bond acceptors (Lipinski definition) is 6. The minimum absolute atomic E-state index is 0.568. The molecule has 30 heavy (non-hydrogen) atoms. The highest BCUT2D eigenvalue weighted by Gasteiger charge is 2.25. The molecule has 3 aromatic carbocycles. The van der Waals surface area contributed by atoms with Gasteiger partial charge in [0, 0.05) is 18.5 Å². The largest absolute Gasteiger partial charge is 0.493 e. The van der Waals surface area contributed by atoms with Crippen LogP contribution in [0.15, 0.2) is 24.4 Å². The molecule has 4 rings (SSSR count). The summed E-state index contributed by atoms with van der Waals surface area (Å²) >= 11 is 0. The van der Waals surface area contributed by atoms with Gasteiger partial charge in [0.15, 0.2) is 23.0 Å². The highest BCUT2D eigenvalue weighted by molar-refractivity contribution is 6.17. The molecule has 0 aliphatic carbocycles. The van der Waals surface area contributed by atoms with Gasteiger partial charge in [-0.1, -0.05) is 0 Å². The smallest absolute Gasteiger partial charge is 0.203 e. The topological polar surface area (TPSA) is 49.4 Å². The number of rotatable bonds is 6. The Kier molecular flexibility index (Phi) is 5.24. The molecule has 1 heterocycles. The van der Waals surface area contributed by atoms with Crippen molar-refractivity contribution in [2.75, 3.05) is 42.1 Å². The molecule has 0 saturated heterocycles. The minimum atomic E-state index is 0.568. The summed E-state index contributed by atoms with van der Waals surface area (Å²) in [6.07, 6.45) is 4.30. The summed E-state index contributed by atoms with van der Waals surface area (Å²) < 4.78 is 28.4. The highest BCUT2D eigenvalue weighted by Crippen LogP contribution is 2.50. The SMILES string of the molecule is CCN1C=Cc2c(c3cc(OC)c(OC)cc3c3c(OC)c(OC)c(OC)cc23)C1. The van der Waals surface area contributed by atoms with Crippen molar-refractivity contribution in [2.45, 2.75) is 13.5 Å². The molecule has 0 saturated carbocycles. The van der Waals surface area contributed by atoms with E-state index in [2.05, 4.69) is 30.2 Å². The maximum atomic E-state index is 5.85. The fourth-order valence-electron chi connectivity index (χ4n) is 4.29. The Hall–Kier alpha value is -3.28. The van der Waals surface area contributed by atoms with Crippen molar-refractivity contribution in [3.05, 3.63) is 35.5 Å². The molecular formula is C24H27NO5. The summed E-state index contributed by atoms with van der Waals surface area (Å²) in [6.45, 7) is 3.89. The molecule has 0 unspecified atom stereocenters. The molecule has 1 aliphatic rings. The van der Waals surface area contributed by atoms with Gasteiger partial charge in [0.1, 0.15) is 0 Å². The van der Waals surface area contributed by atoms with E-state index in [-0.39, 0.29) is 0 Å². The van der Waals surface area contributed by atoms with E-state index in [1.165, 1.54) is 5.56 Å². The first-order valence-electron chi connectivity index (χ1n) is 9.87. The predicted molar refractivity (Wildman–Crippen MR) is 119 cm³/mol. The lowest BCUT2D eigenvalue weighted by atomic mass is 9.88. The third-order valence-corrected chi connectivity index (χ3v) is 5.78. The molecule has 0 spiro atoms. The molecule has 0 amide bonds. The standard InChI is InChI=1S/C24H27NO5/c1-7-25-9-8-14-16-12-21(28-4)23(29-5)24(30-6)22(16)17-11-20(27-3)19(26-2)10-15(17)18(14)13-25/h8-12H,7,13H2,1-6H3. The Balaban J connectivity index is 2.25. The summed E-state index contributed by atoms with van der Waals surface area (Å²) in [5, 5.41) is 4.12. The molecule has 6 nitrogen and oxygen atoms in total. The lowest BCUT2D eigenvalue weighted by molar-refractivity contribution is 0.327. The molecule has 1 aliphatic heterocycles. The zero-order chi connectivity index (χ0) is 21.4. The molecule has 0 fully saturated rings. The minimum Gasteiger partial charge on any atom is -0.493 e. The first-order chi connectivity index (χ1) is 14.6. The van der Waals surface area contributed by atoms with Crippen LogP contribution in [0.3, 0.4) is 0 Å². The van der Waals surface area contributed by atoms with E-state index in [0.717, 1.165) is 40.2 Å². The Morgan fingerprint density at radius 3 is 1.90 bits per heavy atom. The molecular weight excluding hydrogens is 382 g/mol. The van der Waals surface area contributed by atoms with E-state index in [9.17, 15) is 0 Å². The second-order valence-electron chi connectivity index (χ2n) is 7.09. The molecule has 0 bridgehead atoms. The van der Waals surface area contributed by atoms with Crippen LogP contribution in [0.2, 0.25) is 0 Å². The van der Waals surface area contributed by atoms with Crippen molar-refractivity contribution in [1.82, 2.24) is 4.90 Å². The van der Waals surface area contributed by atoms with Crippen LogP contribution in [0.25, 0.3) is 27.6 Å². The molecule has 0 aromatic heterocycles. The number of ether oxygens (including phenoxy) is 5. The van der Waals surface area contributed by atoms with Gasteiger partial charge in [0.2, 0.25) is 5.75 Å². The molecule has 0 N–H and O–H groups in total. The fourth-order valence-corrected chi connectivity index (χ4v) is 4.29. The summed E-state index contributed by atoms with van der Waals surface area (Å²) in [6, 6.07) is 6.09. The Labute approximate surface area is 176 Å². The number of hydrogen-bond donors (Lipinski definition) is 0. The lowest BCUT2D eigenvalue weighted by Gasteiger charge is -2.28. The maximum Gasteiger partial charge on any atom is 0.203 e. The Morgan fingerprint density at radius 1 is 0.733 bits per heavy atom. The van der Waals surface area contributed by atoms with Crippen LogP contribution in [0.4, 0.5) is 0 Å². The monoisotopic (exact) mass is 409 g/mol. The number of methoxy groups -OCH3 is 5. The van der Waals surface area contributed by atoms with Crippen LogP contribution in [-0.2, 0) is 6.54 Å². The van der Waals surface area contributed by atoms with Gasteiger partial charge >= 0.3 is 0 Å². The van der Waals surface area contributed by atoms with Crippen LogP contribution in [0.5, 0.6) is 28.7 Å². The highest BCUT2D eigenvalue weighted by atomic mass is 16.5. The average Bonchev–Trinajstić information content (AvgIpc) is 2.81. The average molecular weight is 409 g/mol. The van der Waals surface area contributed by atoms with Crippen molar-refractivity contribution >= 4 is 27.6 Å². The third kappa shape index (κ3) is 2.86. The van der Waals surface area contributed by atoms with Gasteiger partial charge in [-0.05, 0) is 64.7 Å². The van der Waals surface area contributed by atoms with Crippen molar-refractivity contribution in [2.24, 2.45) is 0 Å². The Morgan fingerprint density at radius 2 is 1.33 bits per heavy atom. The fraction of sp³-hybridized carbons (Fsp3) is 0.333. The summed E-state index contributed by atoms with van der Waals surface area (Å²) in [5.41, 5.74) is 2.38. The van der Waals surface area contributed by atoms with Crippen molar-refractivity contribution < 1.29 is 23.7 Å². The number of fused-ring (bicyclic) bond motifs is 6. The van der Waals surface area contributed by atoms with Crippen molar-refractivity contribution in [3.63, 3.8) is 0 Å². The predicted octanol–water partition coefficient (Wildman–Crippen LogP) is 4.84. The first-order valence-corrected chi connectivity index (χ1v) is 9.87. The lowest BCUT2D eigenvalue weighted by Crippen LogP contribution is -2.19. The third-order valence-electron chi connectivity index (χ3n) is 5.78. The Bertz CT molecular complexity index is 1150. The summed E-state index contributed by atoms with van der Waals surface area (Å²) in [5.74, 6) is 3.21. The number of nitrogens with zero attached hydrogens (tertiary/aromatic N) is 1. The van der Waals surface area contributed by atoms with E-state index in [1.807, 2.05) is 12.1 Å². The molecule has 0 radical (unpaired) electrons. The first kappa shape index (κ1) is 20.0. The van der Waals surface area contributed by atoms with Crippen molar-refractivity contribution in [3.8, 4) is 28.7 Å². The summed E-state index contributed by atoms with van der Waals surface area (Å²) in [7, 11) is 8.21. The van der Waals surface area contributed by atoms with E-state index in [4.69, 9.17) is 23.7 Å². The van der Waals surface area contributed by atoms with Gasteiger partial charge in [-0.15, -0.1) is 0 Å². The van der Waals surface area contributed by atoms with Crippen molar-refractivity contribution in [1.29, 1.82) is 0 Å². The van der Waals surface area contributed by atoms with Gasteiger partial charge in [0.25, 0.3) is 0 Å². The van der Waals surface area contributed by atoms with Gasteiger partial charge in [-0.25, -0.2) is 0 Å². The van der Waals surface area contributed by atoms with E-state index in [1.54, 1.807) is 35.5 Å². The van der Waals surface area contributed by atoms with Gasteiger partial charge in [-0.2, -0.15) is 0 Å². The van der Waals surface area contributed by atoms with Crippen LogP contribution in [-0.4, -0.2) is 47.0 Å². The molecule has 0 atom stereocenters. The van der Waals surface area contributed by atoms with E-state index in [0.29, 0.717) is 28.7 Å². The van der Waals surface area contributed by atoms with Gasteiger partial charge in [0.05, 0.1) is 35.5 Å². The molecule has 6 heteroatoms. The molecule has 158 valence electrons. The zero-order valence-electron chi connectivity index (χ0n) is 18.3. The molecule has 3 aromatic rings. The second-order valence-corrected chi connectivity index (χ2v) is 7.09. The number of benzene rings is 3. The van der Waals surface area contributed by atoms with E-state index < -0.39 is 0 Å².